The lowest BCUT2D eigenvalue weighted by atomic mass is 9.97. The summed E-state index contributed by atoms with van der Waals surface area (Å²) in [7, 11) is 0. The number of hydrogen-bond donors (Lipinski definition) is 0. The molecule has 40 heavy (non-hydrogen) atoms. The van der Waals surface area contributed by atoms with Crippen LogP contribution < -0.4 is 4.74 Å². The number of carbonyl (C=O) groups is 1. The Morgan fingerprint density at radius 3 is 1.85 bits per heavy atom. The van der Waals surface area contributed by atoms with Crippen molar-refractivity contribution >= 4 is 5.97 Å². The third kappa shape index (κ3) is 7.17. The van der Waals surface area contributed by atoms with Crippen LogP contribution in [0.4, 0.5) is 17.6 Å². The summed E-state index contributed by atoms with van der Waals surface area (Å²) in [6.45, 7) is 4.37. The van der Waals surface area contributed by atoms with E-state index in [1.807, 2.05) is 54.6 Å². The van der Waals surface area contributed by atoms with Crippen LogP contribution in [0.2, 0.25) is 0 Å². The molecule has 0 N–H and O–H groups in total. The van der Waals surface area contributed by atoms with Crippen LogP contribution in [0.25, 0.3) is 33.4 Å². The van der Waals surface area contributed by atoms with Gasteiger partial charge >= 0.3 is 12.1 Å². The predicted molar refractivity (Wildman–Crippen MR) is 148 cm³/mol. The highest BCUT2D eigenvalue weighted by molar-refractivity contribution is 5.89. The van der Waals surface area contributed by atoms with Crippen LogP contribution in [0.5, 0.6) is 5.75 Å². The van der Waals surface area contributed by atoms with Crippen LogP contribution >= 0.6 is 0 Å². The quantitative estimate of drug-likeness (QED) is 0.0860. The molecule has 0 amide bonds. The van der Waals surface area contributed by atoms with Crippen molar-refractivity contribution in [2.24, 2.45) is 0 Å². The number of ether oxygens (including phenoxy) is 2. The molecule has 0 bridgehead atoms. The molecule has 0 aromatic heterocycles. The van der Waals surface area contributed by atoms with E-state index in [0.717, 1.165) is 40.7 Å². The topological polar surface area (TPSA) is 35.5 Å². The average Bonchev–Trinajstić information content (AvgIpc) is 2.95. The summed E-state index contributed by atoms with van der Waals surface area (Å²) >= 11 is 0. The van der Waals surface area contributed by atoms with Crippen LogP contribution in [0.3, 0.4) is 0 Å². The second-order valence-corrected chi connectivity index (χ2v) is 9.20. The molecule has 0 saturated heterocycles. The number of alkyl halides is 3. The number of esters is 1. The summed E-state index contributed by atoms with van der Waals surface area (Å²) in [6, 6.07) is 28.1. The molecule has 0 saturated carbocycles. The Morgan fingerprint density at radius 2 is 1.27 bits per heavy atom. The van der Waals surface area contributed by atoms with Crippen molar-refractivity contribution in [2.75, 3.05) is 13.2 Å². The second kappa shape index (κ2) is 12.6. The minimum atomic E-state index is -4.83. The molecule has 0 aliphatic carbocycles. The fourth-order valence-corrected chi connectivity index (χ4v) is 4.16. The first kappa shape index (κ1) is 28.6. The van der Waals surface area contributed by atoms with E-state index >= 15 is 4.39 Å². The summed E-state index contributed by atoms with van der Waals surface area (Å²) in [4.78, 5) is 11.3. The molecule has 0 fully saturated rings. The summed E-state index contributed by atoms with van der Waals surface area (Å²) in [5, 5.41) is 0. The van der Waals surface area contributed by atoms with Gasteiger partial charge in [0.15, 0.2) is 0 Å². The molecule has 3 nitrogen and oxygen atoms in total. The van der Waals surface area contributed by atoms with Crippen molar-refractivity contribution in [3.63, 3.8) is 0 Å². The molecule has 4 aromatic carbocycles. The van der Waals surface area contributed by atoms with Crippen LogP contribution in [0.15, 0.2) is 103 Å². The number of rotatable bonds is 10. The lowest BCUT2D eigenvalue weighted by Crippen LogP contribution is -2.22. The molecule has 4 aromatic rings. The third-order valence-electron chi connectivity index (χ3n) is 6.35. The fourth-order valence-electron chi connectivity index (χ4n) is 4.16. The SMILES string of the molecule is C=C(C(=O)OCCOc1ccc(-c2ccc(-c3ccc(-c4ccc(CCC)cc4)cc3F)cc2)cc1)C(F)(F)F. The molecule has 0 aliphatic rings. The van der Waals surface area contributed by atoms with E-state index in [1.54, 1.807) is 24.3 Å². The second-order valence-electron chi connectivity index (χ2n) is 9.20. The van der Waals surface area contributed by atoms with E-state index in [-0.39, 0.29) is 19.0 Å². The Morgan fingerprint density at radius 1 is 0.750 bits per heavy atom. The van der Waals surface area contributed by atoms with Gasteiger partial charge in [0.2, 0.25) is 0 Å². The van der Waals surface area contributed by atoms with Gasteiger partial charge in [-0.15, -0.1) is 0 Å². The molecule has 0 heterocycles. The molecular weight excluding hydrogens is 520 g/mol. The van der Waals surface area contributed by atoms with Gasteiger partial charge in [0.25, 0.3) is 0 Å². The molecule has 0 radical (unpaired) electrons. The molecule has 0 atom stereocenters. The number of benzene rings is 4. The highest BCUT2D eigenvalue weighted by atomic mass is 19.4. The van der Waals surface area contributed by atoms with E-state index < -0.39 is 17.7 Å². The smallest absolute Gasteiger partial charge is 0.422 e. The van der Waals surface area contributed by atoms with Crippen molar-refractivity contribution in [3.8, 4) is 39.1 Å². The fraction of sp³-hybridized carbons (Fsp3) is 0.182. The minimum Gasteiger partial charge on any atom is -0.490 e. The Hall–Kier alpha value is -4.39. The zero-order valence-electron chi connectivity index (χ0n) is 21.9. The first-order chi connectivity index (χ1) is 19.2. The molecule has 4 rings (SSSR count). The van der Waals surface area contributed by atoms with Crippen LogP contribution in [-0.2, 0) is 16.0 Å². The van der Waals surface area contributed by atoms with E-state index in [0.29, 0.717) is 11.3 Å². The summed E-state index contributed by atoms with van der Waals surface area (Å²) in [6.07, 6.45) is -2.72. The molecule has 206 valence electrons. The van der Waals surface area contributed by atoms with Crippen LogP contribution in [-0.4, -0.2) is 25.4 Å². The van der Waals surface area contributed by atoms with E-state index in [4.69, 9.17) is 4.74 Å². The third-order valence-corrected chi connectivity index (χ3v) is 6.35. The maximum Gasteiger partial charge on any atom is 0.422 e. The van der Waals surface area contributed by atoms with Gasteiger partial charge in [-0.3, -0.25) is 0 Å². The Labute approximate surface area is 230 Å². The largest absolute Gasteiger partial charge is 0.490 e. The van der Waals surface area contributed by atoms with Gasteiger partial charge in [-0.05, 0) is 58.0 Å². The average molecular weight is 549 g/mol. The standard InChI is InChI=1S/C33H28F4O3/c1-3-4-23-5-7-26(8-6-23)28-15-18-30(31(34)21-28)27-11-9-24(10-12-27)25-13-16-29(17-14-25)39-19-20-40-32(38)22(2)33(35,36)37/h5-18,21H,2-4,19-20H2,1H3. The summed E-state index contributed by atoms with van der Waals surface area (Å²) in [5.74, 6) is -1.35. The molecule has 0 aliphatic heterocycles. The highest BCUT2D eigenvalue weighted by Crippen LogP contribution is 2.31. The first-order valence-electron chi connectivity index (χ1n) is 12.8. The molecule has 7 heteroatoms. The van der Waals surface area contributed by atoms with E-state index in [9.17, 15) is 18.0 Å². The Kier molecular flexibility index (Phi) is 9.04. The molecule has 0 unspecified atom stereocenters. The van der Waals surface area contributed by atoms with Gasteiger partial charge in [0.1, 0.15) is 30.4 Å². The Bertz CT molecular complexity index is 1460. The number of halogens is 4. The van der Waals surface area contributed by atoms with E-state index in [2.05, 4.69) is 30.4 Å². The van der Waals surface area contributed by atoms with Gasteiger partial charge < -0.3 is 9.47 Å². The van der Waals surface area contributed by atoms with Crippen molar-refractivity contribution in [1.82, 2.24) is 0 Å². The van der Waals surface area contributed by atoms with Crippen molar-refractivity contribution in [1.29, 1.82) is 0 Å². The normalized spacial score (nSPS) is 11.2. The van der Waals surface area contributed by atoms with E-state index in [1.165, 1.54) is 5.56 Å². The molecular formula is C33H28F4O3. The maximum absolute atomic E-state index is 15.1. The van der Waals surface area contributed by atoms with Crippen molar-refractivity contribution in [3.05, 3.63) is 115 Å². The lowest BCUT2D eigenvalue weighted by molar-refractivity contribution is -0.151. The predicted octanol–water partition coefficient (Wildman–Crippen LogP) is 8.82. The monoisotopic (exact) mass is 548 g/mol. The minimum absolute atomic E-state index is 0.112. The zero-order valence-corrected chi connectivity index (χ0v) is 21.9. The highest BCUT2D eigenvalue weighted by Gasteiger charge is 2.37. The van der Waals surface area contributed by atoms with Gasteiger partial charge in [-0.2, -0.15) is 13.2 Å². The lowest BCUT2D eigenvalue weighted by Gasteiger charge is -2.11. The van der Waals surface area contributed by atoms with Crippen molar-refractivity contribution < 1.29 is 31.8 Å². The number of carbonyl (C=O) groups excluding carboxylic acids is 1. The molecule has 0 spiro atoms. The maximum atomic E-state index is 15.1. The van der Waals surface area contributed by atoms with Gasteiger partial charge in [0.05, 0.1) is 0 Å². The number of hydrogen-bond acceptors (Lipinski definition) is 3. The first-order valence-corrected chi connectivity index (χ1v) is 12.8. The van der Waals surface area contributed by atoms with Crippen LogP contribution in [0, 0.1) is 5.82 Å². The summed E-state index contributed by atoms with van der Waals surface area (Å²) < 4.78 is 62.3. The Balaban J connectivity index is 1.35. The van der Waals surface area contributed by atoms with Gasteiger partial charge in [-0.25, -0.2) is 9.18 Å². The van der Waals surface area contributed by atoms with Crippen molar-refractivity contribution in [2.45, 2.75) is 25.9 Å². The van der Waals surface area contributed by atoms with Gasteiger partial charge in [0, 0.05) is 5.56 Å². The number of aryl methyl sites for hydroxylation is 1. The summed E-state index contributed by atoms with van der Waals surface area (Å²) in [5.41, 5.74) is 4.59. The zero-order chi connectivity index (χ0) is 28.7. The van der Waals surface area contributed by atoms with Crippen LogP contribution in [0.1, 0.15) is 18.9 Å². The van der Waals surface area contributed by atoms with Gasteiger partial charge in [-0.1, -0.05) is 92.7 Å².